The van der Waals surface area contributed by atoms with Gasteiger partial charge < -0.3 is 4.79 Å². The Kier molecular flexibility index (Phi) is 5.57. The summed E-state index contributed by atoms with van der Waals surface area (Å²) in [6, 6.07) is 13.5. The van der Waals surface area contributed by atoms with Gasteiger partial charge in [-0.2, -0.15) is 0 Å². The third-order valence-electron chi connectivity index (χ3n) is 4.25. The van der Waals surface area contributed by atoms with Crippen LogP contribution in [0.3, 0.4) is 0 Å². The summed E-state index contributed by atoms with van der Waals surface area (Å²) in [5, 5.41) is 1.28. The van der Waals surface area contributed by atoms with Crippen LogP contribution in [0, 0.1) is 13.8 Å². The average molecular weight is 366 g/mol. The Morgan fingerprint density at radius 2 is 1.92 bits per heavy atom. The van der Waals surface area contributed by atoms with Gasteiger partial charge in [-0.05, 0) is 56.5 Å². The zero-order chi connectivity index (χ0) is 18.7. The smallest absolute Gasteiger partial charge is 0.266 e. The molecule has 0 saturated carbocycles. The number of nitrogens with zero attached hydrogens (tertiary/aromatic N) is 2. The number of carbonyl (C=O) groups is 1. The van der Waals surface area contributed by atoms with Crippen molar-refractivity contribution in [2.24, 2.45) is 0 Å². The molecule has 134 valence electrons. The molecule has 0 amide bonds. The molecule has 0 aliphatic rings. The Morgan fingerprint density at radius 1 is 1.15 bits per heavy atom. The Labute approximate surface area is 157 Å². The quantitative estimate of drug-likeness (QED) is 0.367. The van der Waals surface area contributed by atoms with E-state index in [9.17, 15) is 9.59 Å². The predicted molar refractivity (Wildman–Crippen MR) is 107 cm³/mol. The van der Waals surface area contributed by atoms with Gasteiger partial charge in [-0.3, -0.25) is 9.36 Å². The molecule has 0 N–H and O–H groups in total. The highest BCUT2D eigenvalue weighted by molar-refractivity contribution is 7.99. The molecule has 1 heterocycles. The second-order valence-electron chi connectivity index (χ2n) is 6.50. The van der Waals surface area contributed by atoms with Gasteiger partial charge >= 0.3 is 0 Å². The molecular formula is C21H22N2O2S. The number of hydrogen-bond donors (Lipinski definition) is 0. The van der Waals surface area contributed by atoms with E-state index in [1.807, 2.05) is 56.3 Å². The molecule has 3 aromatic rings. The Morgan fingerprint density at radius 3 is 2.69 bits per heavy atom. The molecule has 0 fully saturated rings. The lowest BCUT2D eigenvalue weighted by atomic mass is 10.1. The van der Waals surface area contributed by atoms with Gasteiger partial charge in [-0.25, -0.2) is 4.98 Å². The second kappa shape index (κ2) is 7.87. The van der Waals surface area contributed by atoms with Crippen LogP contribution >= 0.6 is 11.8 Å². The van der Waals surface area contributed by atoms with Crippen molar-refractivity contribution in [3.05, 3.63) is 63.9 Å². The summed E-state index contributed by atoms with van der Waals surface area (Å²) in [7, 11) is 0. The van der Waals surface area contributed by atoms with Gasteiger partial charge in [0, 0.05) is 12.2 Å². The number of rotatable bonds is 6. The second-order valence-corrected chi connectivity index (χ2v) is 7.56. The number of carbonyl (C=O) groups excluding carboxylic acids is 1. The molecule has 0 saturated heterocycles. The fourth-order valence-corrected chi connectivity index (χ4v) is 3.81. The van der Waals surface area contributed by atoms with E-state index in [1.54, 1.807) is 11.5 Å². The number of Topliss-reactive ketones (excluding diaryl/α,β-unsaturated/α-hetero) is 1. The topological polar surface area (TPSA) is 52.0 Å². The summed E-state index contributed by atoms with van der Waals surface area (Å²) in [5.41, 5.74) is 3.63. The molecule has 0 aliphatic carbocycles. The third-order valence-corrected chi connectivity index (χ3v) is 5.28. The normalized spacial score (nSPS) is 11.0. The van der Waals surface area contributed by atoms with Gasteiger partial charge in [-0.1, -0.05) is 36.0 Å². The van der Waals surface area contributed by atoms with E-state index in [1.165, 1.54) is 11.8 Å². The maximum absolute atomic E-state index is 13.2. The van der Waals surface area contributed by atoms with Gasteiger partial charge in [0.1, 0.15) is 5.78 Å². The molecule has 0 radical (unpaired) electrons. The number of ketones is 1. The van der Waals surface area contributed by atoms with Crippen molar-refractivity contribution in [2.75, 3.05) is 5.75 Å². The lowest BCUT2D eigenvalue weighted by Crippen LogP contribution is -2.22. The fourth-order valence-electron chi connectivity index (χ4n) is 2.87. The largest absolute Gasteiger partial charge is 0.300 e. The standard InChI is InChI=1S/C21H22N2O2S/c1-14-10-11-15(2)19(13-14)23-20(25)17-8-4-5-9-18(17)22-21(23)26-12-6-7-16(3)24/h4-5,8-11,13H,6-7,12H2,1-3H3. The summed E-state index contributed by atoms with van der Waals surface area (Å²) in [4.78, 5) is 29.1. The van der Waals surface area contributed by atoms with Crippen LogP contribution in [0.4, 0.5) is 0 Å². The molecule has 1 aromatic heterocycles. The molecule has 2 aromatic carbocycles. The van der Waals surface area contributed by atoms with Gasteiger partial charge in [0.05, 0.1) is 16.6 Å². The van der Waals surface area contributed by atoms with Crippen LogP contribution in [0.1, 0.15) is 30.9 Å². The van der Waals surface area contributed by atoms with Crippen LogP contribution in [-0.2, 0) is 4.79 Å². The number of hydrogen-bond acceptors (Lipinski definition) is 4. The van der Waals surface area contributed by atoms with E-state index in [0.717, 1.165) is 29.0 Å². The van der Waals surface area contributed by atoms with Gasteiger partial charge in [-0.15, -0.1) is 0 Å². The van der Waals surface area contributed by atoms with Crippen LogP contribution in [0.2, 0.25) is 0 Å². The first-order valence-corrected chi connectivity index (χ1v) is 9.67. The van der Waals surface area contributed by atoms with E-state index >= 15 is 0 Å². The molecular weight excluding hydrogens is 344 g/mol. The van der Waals surface area contributed by atoms with Crippen LogP contribution < -0.4 is 5.56 Å². The molecule has 0 bridgehead atoms. The van der Waals surface area contributed by atoms with Crippen molar-refractivity contribution in [1.29, 1.82) is 0 Å². The Balaban J connectivity index is 2.13. The molecule has 5 heteroatoms. The average Bonchev–Trinajstić information content (AvgIpc) is 2.61. The first-order chi connectivity index (χ1) is 12.5. The van der Waals surface area contributed by atoms with E-state index in [4.69, 9.17) is 4.98 Å². The van der Waals surface area contributed by atoms with E-state index in [-0.39, 0.29) is 11.3 Å². The lowest BCUT2D eigenvalue weighted by Gasteiger charge is -2.15. The highest BCUT2D eigenvalue weighted by Crippen LogP contribution is 2.24. The van der Waals surface area contributed by atoms with Crippen molar-refractivity contribution in [3.63, 3.8) is 0 Å². The van der Waals surface area contributed by atoms with Crippen molar-refractivity contribution >= 4 is 28.4 Å². The maximum Gasteiger partial charge on any atom is 0.266 e. The number of fused-ring (bicyclic) bond motifs is 1. The minimum Gasteiger partial charge on any atom is -0.300 e. The van der Waals surface area contributed by atoms with Crippen molar-refractivity contribution in [2.45, 2.75) is 38.8 Å². The summed E-state index contributed by atoms with van der Waals surface area (Å²) >= 11 is 1.53. The van der Waals surface area contributed by atoms with E-state index in [0.29, 0.717) is 22.5 Å². The van der Waals surface area contributed by atoms with E-state index in [2.05, 4.69) is 0 Å². The number of thioether (sulfide) groups is 1. The molecule has 0 spiro atoms. The van der Waals surface area contributed by atoms with Crippen LogP contribution in [0.25, 0.3) is 16.6 Å². The maximum atomic E-state index is 13.2. The number of para-hydroxylation sites is 1. The zero-order valence-corrected chi connectivity index (χ0v) is 16.1. The number of aryl methyl sites for hydroxylation is 2. The zero-order valence-electron chi connectivity index (χ0n) is 15.3. The number of aromatic nitrogens is 2. The predicted octanol–water partition coefficient (Wildman–Crippen LogP) is 4.46. The monoisotopic (exact) mass is 366 g/mol. The van der Waals surface area contributed by atoms with Crippen molar-refractivity contribution in [1.82, 2.24) is 9.55 Å². The highest BCUT2D eigenvalue weighted by atomic mass is 32.2. The molecule has 0 aliphatic heterocycles. The summed E-state index contributed by atoms with van der Waals surface area (Å²) in [5.74, 6) is 0.930. The summed E-state index contributed by atoms with van der Waals surface area (Å²) in [6.07, 6.45) is 1.32. The van der Waals surface area contributed by atoms with Crippen molar-refractivity contribution in [3.8, 4) is 5.69 Å². The van der Waals surface area contributed by atoms with E-state index < -0.39 is 0 Å². The van der Waals surface area contributed by atoms with Crippen molar-refractivity contribution < 1.29 is 4.79 Å². The third kappa shape index (κ3) is 3.88. The SMILES string of the molecule is CC(=O)CCCSc1nc2ccccc2c(=O)n1-c1cc(C)ccc1C. The molecule has 26 heavy (non-hydrogen) atoms. The minimum atomic E-state index is -0.0571. The number of benzene rings is 2. The summed E-state index contributed by atoms with van der Waals surface area (Å²) in [6.45, 7) is 5.62. The minimum absolute atomic E-state index is 0.0571. The first-order valence-electron chi connectivity index (χ1n) is 8.69. The molecule has 3 rings (SSSR count). The Bertz CT molecular complexity index is 1020. The fraction of sp³-hybridized carbons (Fsp3) is 0.286. The van der Waals surface area contributed by atoms with Gasteiger partial charge in [0.25, 0.3) is 5.56 Å². The van der Waals surface area contributed by atoms with Crippen LogP contribution in [-0.4, -0.2) is 21.1 Å². The van der Waals surface area contributed by atoms with Gasteiger partial charge in [0.15, 0.2) is 5.16 Å². The summed E-state index contributed by atoms with van der Waals surface area (Å²) < 4.78 is 1.71. The Hall–Kier alpha value is -2.40. The first kappa shape index (κ1) is 18.4. The lowest BCUT2D eigenvalue weighted by molar-refractivity contribution is -0.117. The molecule has 4 nitrogen and oxygen atoms in total. The van der Waals surface area contributed by atoms with Gasteiger partial charge in [0.2, 0.25) is 0 Å². The van der Waals surface area contributed by atoms with Crippen LogP contribution in [0.15, 0.2) is 52.4 Å². The highest BCUT2D eigenvalue weighted by Gasteiger charge is 2.15. The van der Waals surface area contributed by atoms with Crippen LogP contribution in [0.5, 0.6) is 0 Å². The molecule has 0 atom stereocenters. The molecule has 0 unspecified atom stereocenters.